The van der Waals surface area contributed by atoms with Crippen LogP contribution in [0.5, 0.6) is 0 Å². The molecular weight excluding hydrogens is 405 g/mol. The highest BCUT2D eigenvalue weighted by Crippen LogP contribution is 2.43. The number of benzene rings is 2. The lowest BCUT2D eigenvalue weighted by Gasteiger charge is -2.28. The standard InChI is InChI=1S/C17H12Cl3NO3S/c18-10-3-1-9(2-4-10)16-21(14(8-25-16)17(23)24)15(22)12-6-5-11(19)7-13(12)20/h1-7,14,16H,8H2,(H,23,24). The Balaban J connectivity index is 2.01. The highest BCUT2D eigenvalue weighted by atomic mass is 35.5. The third kappa shape index (κ3) is 3.75. The van der Waals surface area contributed by atoms with Gasteiger partial charge in [-0.25, -0.2) is 4.79 Å². The van der Waals surface area contributed by atoms with E-state index in [0.717, 1.165) is 5.56 Å². The Bertz CT molecular complexity index is 828. The fourth-order valence-corrected chi connectivity index (χ4v) is 4.67. The number of halogens is 3. The summed E-state index contributed by atoms with van der Waals surface area (Å²) in [4.78, 5) is 26.0. The minimum Gasteiger partial charge on any atom is -0.480 e. The van der Waals surface area contributed by atoms with Crippen molar-refractivity contribution in [2.75, 3.05) is 5.75 Å². The van der Waals surface area contributed by atoms with Gasteiger partial charge in [-0.05, 0) is 35.9 Å². The van der Waals surface area contributed by atoms with E-state index in [2.05, 4.69) is 0 Å². The maximum absolute atomic E-state index is 13.0. The van der Waals surface area contributed by atoms with Crippen LogP contribution in [0.3, 0.4) is 0 Å². The highest BCUT2D eigenvalue weighted by molar-refractivity contribution is 7.99. The third-order valence-corrected chi connectivity index (χ3v) is 5.96. The van der Waals surface area contributed by atoms with Crippen molar-refractivity contribution in [2.24, 2.45) is 0 Å². The summed E-state index contributed by atoms with van der Waals surface area (Å²) in [6.45, 7) is 0. The maximum Gasteiger partial charge on any atom is 0.327 e. The number of amides is 1. The smallest absolute Gasteiger partial charge is 0.327 e. The van der Waals surface area contributed by atoms with E-state index in [0.29, 0.717) is 15.8 Å². The molecule has 0 bridgehead atoms. The molecule has 8 heteroatoms. The number of thioether (sulfide) groups is 1. The van der Waals surface area contributed by atoms with Gasteiger partial charge < -0.3 is 10.0 Å². The molecule has 0 aliphatic carbocycles. The van der Waals surface area contributed by atoms with Crippen molar-refractivity contribution in [3.63, 3.8) is 0 Å². The first-order chi connectivity index (χ1) is 11.9. The molecule has 3 rings (SSSR count). The molecule has 2 aromatic rings. The first-order valence-corrected chi connectivity index (χ1v) is 9.44. The average molecular weight is 417 g/mol. The molecule has 1 fully saturated rings. The molecule has 1 N–H and O–H groups in total. The number of hydrogen-bond donors (Lipinski definition) is 1. The van der Waals surface area contributed by atoms with Gasteiger partial charge in [0.15, 0.2) is 0 Å². The van der Waals surface area contributed by atoms with Crippen LogP contribution >= 0.6 is 46.6 Å². The summed E-state index contributed by atoms with van der Waals surface area (Å²) < 4.78 is 0. The van der Waals surface area contributed by atoms with Crippen molar-refractivity contribution >= 4 is 58.4 Å². The molecule has 0 spiro atoms. The van der Waals surface area contributed by atoms with E-state index >= 15 is 0 Å². The van der Waals surface area contributed by atoms with Crippen molar-refractivity contribution in [3.05, 3.63) is 68.7 Å². The van der Waals surface area contributed by atoms with Crippen LogP contribution in [-0.2, 0) is 4.79 Å². The van der Waals surface area contributed by atoms with Gasteiger partial charge in [0.05, 0.1) is 10.6 Å². The molecule has 2 atom stereocenters. The monoisotopic (exact) mass is 415 g/mol. The number of carbonyl (C=O) groups excluding carboxylic acids is 1. The Labute approximate surface area is 163 Å². The zero-order valence-corrected chi connectivity index (χ0v) is 15.7. The Morgan fingerprint density at radius 2 is 1.68 bits per heavy atom. The quantitative estimate of drug-likeness (QED) is 0.766. The summed E-state index contributed by atoms with van der Waals surface area (Å²) in [6.07, 6.45) is 0. The summed E-state index contributed by atoms with van der Waals surface area (Å²) >= 11 is 19.3. The summed E-state index contributed by atoms with van der Waals surface area (Å²) in [5.41, 5.74) is 1.02. The lowest BCUT2D eigenvalue weighted by atomic mass is 10.1. The van der Waals surface area contributed by atoms with Crippen molar-refractivity contribution < 1.29 is 14.7 Å². The van der Waals surface area contributed by atoms with E-state index in [1.807, 2.05) is 0 Å². The number of carboxylic acids is 1. The van der Waals surface area contributed by atoms with Crippen LogP contribution in [0.1, 0.15) is 21.3 Å². The lowest BCUT2D eigenvalue weighted by Crippen LogP contribution is -2.43. The minimum absolute atomic E-state index is 0.188. The van der Waals surface area contributed by atoms with Gasteiger partial charge in [-0.15, -0.1) is 11.8 Å². The molecule has 0 aromatic heterocycles. The third-order valence-electron chi connectivity index (χ3n) is 3.84. The summed E-state index contributed by atoms with van der Waals surface area (Å²) in [5, 5.41) is 10.2. The Hall–Kier alpha value is -1.40. The Morgan fingerprint density at radius 3 is 2.28 bits per heavy atom. The topological polar surface area (TPSA) is 57.6 Å². The molecule has 2 unspecified atom stereocenters. The fourth-order valence-electron chi connectivity index (χ4n) is 2.63. The van der Waals surface area contributed by atoms with E-state index in [9.17, 15) is 14.7 Å². The lowest BCUT2D eigenvalue weighted by molar-refractivity contribution is -0.141. The number of carbonyl (C=O) groups is 2. The molecule has 25 heavy (non-hydrogen) atoms. The molecule has 1 heterocycles. The highest BCUT2D eigenvalue weighted by Gasteiger charge is 2.43. The molecule has 2 aromatic carbocycles. The number of hydrogen-bond acceptors (Lipinski definition) is 3. The van der Waals surface area contributed by atoms with Crippen molar-refractivity contribution in [2.45, 2.75) is 11.4 Å². The van der Waals surface area contributed by atoms with E-state index < -0.39 is 23.3 Å². The predicted octanol–water partition coefficient (Wildman–Crippen LogP) is 4.99. The molecule has 1 aliphatic rings. The predicted molar refractivity (Wildman–Crippen MR) is 101 cm³/mol. The van der Waals surface area contributed by atoms with Crippen LogP contribution < -0.4 is 0 Å². The molecule has 4 nitrogen and oxygen atoms in total. The number of nitrogens with zero attached hydrogens (tertiary/aromatic N) is 1. The van der Waals surface area contributed by atoms with E-state index in [1.165, 1.54) is 28.8 Å². The van der Waals surface area contributed by atoms with E-state index in [4.69, 9.17) is 34.8 Å². The summed E-state index contributed by atoms with van der Waals surface area (Å²) in [7, 11) is 0. The number of rotatable bonds is 3. The molecule has 1 saturated heterocycles. The van der Waals surface area contributed by atoms with Crippen molar-refractivity contribution in [1.82, 2.24) is 4.90 Å². The first kappa shape index (κ1) is 18.4. The van der Waals surface area contributed by atoms with Gasteiger partial charge in [-0.3, -0.25) is 4.79 Å². The molecule has 130 valence electrons. The van der Waals surface area contributed by atoms with Gasteiger partial charge in [-0.1, -0.05) is 46.9 Å². The largest absolute Gasteiger partial charge is 0.480 e. The maximum atomic E-state index is 13.0. The number of aliphatic carboxylic acids is 1. The first-order valence-electron chi connectivity index (χ1n) is 7.26. The fraction of sp³-hybridized carbons (Fsp3) is 0.176. The normalized spacial score (nSPS) is 19.9. The van der Waals surface area contributed by atoms with Gasteiger partial charge in [0.1, 0.15) is 11.4 Å². The Kier molecular flexibility index (Phi) is 5.49. The SMILES string of the molecule is O=C(O)C1CSC(c2ccc(Cl)cc2)N1C(=O)c1ccc(Cl)cc1Cl. The van der Waals surface area contributed by atoms with Gasteiger partial charge in [0.25, 0.3) is 5.91 Å². The minimum atomic E-state index is -1.05. The van der Waals surface area contributed by atoms with Crippen LogP contribution in [0, 0.1) is 0 Å². The second kappa shape index (κ2) is 7.46. The zero-order chi connectivity index (χ0) is 18.1. The van der Waals surface area contributed by atoms with Crippen LogP contribution in [0.2, 0.25) is 15.1 Å². The van der Waals surface area contributed by atoms with Crippen LogP contribution in [0.4, 0.5) is 0 Å². The van der Waals surface area contributed by atoms with E-state index in [1.54, 1.807) is 30.3 Å². The van der Waals surface area contributed by atoms with Gasteiger partial charge in [0.2, 0.25) is 0 Å². The van der Waals surface area contributed by atoms with Crippen molar-refractivity contribution in [1.29, 1.82) is 0 Å². The zero-order valence-electron chi connectivity index (χ0n) is 12.7. The number of carboxylic acid groups (broad SMARTS) is 1. The summed E-state index contributed by atoms with van der Waals surface area (Å²) in [5.74, 6) is -1.21. The van der Waals surface area contributed by atoms with Gasteiger partial charge in [-0.2, -0.15) is 0 Å². The molecule has 1 amide bonds. The van der Waals surface area contributed by atoms with Crippen molar-refractivity contribution in [3.8, 4) is 0 Å². The molecular formula is C17H12Cl3NO3S. The Morgan fingerprint density at radius 1 is 1.04 bits per heavy atom. The van der Waals surface area contributed by atoms with E-state index in [-0.39, 0.29) is 10.6 Å². The summed E-state index contributed by atoms with van der Waals surface area (Å²) in [6, 6.07) is 10.6. The van der Waals surface area contributed by atoms with Gasteiger partial charge in [0, 0.05) is 15.8 Å². The average Bonchev–Trinajstić information content (AvgIpc) is 3.00. The second-order valence-corrected chi connectivity index (χ2v) is 7.82. The molecule has 0 radical (unpaired) electrons. The van der Waals surface area contributed by atoms with Crippen LogP contribution in [-0.4, -0.2) is 33.7 Å². The molecule has 0 saturated carbocycles. The second-order valence-electron chi connectivity index (χ2n) is 5.43. The molecule has 1 aliphatic heterocycles. The van der Waals surface area contributed by atoms with Crippen LogP contribution in [0.15, 0.2) is 42.5 Å². The van der Waals surface area contributed by atoms with Crippen LogP contribution in [0.25, 0.3) is 0 Å². The van der Waals surface area contributed by atoms with Gasteiger partial charge >= 0.3 is 5.97 Å².